The van der Waals surface area contributed by atoms with Crippen LogP contribution in [0.4, 0.5) is 0 Å². The van der Waals surface area contributed by atoms with E-state index in [9.17, 15) is 9.59 Å². The standard InChI is InChI=1S/C21H20O6/c1-12(15-11-18(22)21(2,3)27-15)6-8-25-20-13-4-5-19(23)26-17(13)10-16-14(20)7-9-24-16/h4-5,7,9-12H,6,8H2,1-3H3/t12-/m1/s1. The molecule has 6 nitrogen and oxygen atoms in total. The third-order valence-corrected chi connectivity index (χ3v) is 4.83. The summed E-state index contributed by atoms with van der Waals surface area (Å²) in [5, 5.41) is 1.53. The molecule has 0 radical (unpaired) electrons. The highest BCUT2D eigenvalue weighted by Gasteiger charge is 2.36. The van der Waals surface area contributed by atoms with Crippen LogP contribution in [0.25, 0.3) is 21.9 Å². The lowest BCUT2D eigenvalue weighted by molar-refractivity contribution is -0.127. The maximum atomic E-state index is 11.9. The molecule has 0 saturated heterocycles. The van der Waals surface area contributed by atoms with Crippen LogP contribution in [0.2, 0.25) is 0 Å². The number of carbonyl (C=O) groups excluding carboxylic acids is 1. The quantitative estimate of drug-likeness (QED) is 0.628. The highest BCUT2D eigenvalue weighted by molar-refractivity contribution is 6.01. The van der Waals surface area contributed by atoms with E-state index in [-0.39, 0.29) is 11.7 Å². The minimum absolute atomic E-state index is 0.0190. The van der Waals surface area contributed by atoms with Crippen molar-refractivity contribution in [1.29, 1.82) is 0 Å². The van der Waals surface area contributed by atoms with Gasteiger partial charge in [-0.2, -0.15) is 0 Å². The van der Waals surface area contributed by atoms with Crippen LogP contribution < -0.4 is 10.4 Å². The molecule has 0 bridgehead atoms. The van der Waals surface area contributed by atoms with Crippen molar-refractivity contribution < 1.29 is 23.1 Å². The van der Waals surface area contributed by atoms with E-state index < -0.39 is 11.2 Å². The second-order valence-electron chi connectivity index (χ2n) is 7.27. The average Bonchev–Trinajstić information content (AvgIpc) is 3.18. The molecule has 0 fully saturated rings. The number of ether oxygens (including phenoxy) is 2. The maximum absolute atomic E-state index is 11.9. The Hall–Kier alpha value is -3.02. The van der Waals surface area contributed by atoms with Crippen LogP contribution in [0.15, 0.2) is 56.0 Å². The van der Waals surface area contributed by atoms with Gasteiger partial charge in [-0.25, -0.2) is 4.79 Å². The van der Waals surface area contributed by atoms with E-state index in [2.05, 4.69) is 0 Å². The second kappa shape index (κ2) is 6.30. The summed E-state index contributed by atoms with van der Waals surface area (Å²) in [7, 11) is 0. The Morgan fingerprint density at radius 1 is 1.11 bits per heavy atom. The van der Waals surface area contributed by atoms with Crippen molar-refractivity contribution in [2.24, 2.45) is 5.92 Å². The summed E-state index contributed by atoms with van der Waals surface area (Å²) in [6, 6.07) is 6.57. The molecule has 0 saturated carbocycles. The smallest absolute Gasteiger partial charge is 0.336 e. The fourth-order valence-corrected chi connectivity index (χ4v) is 3.17. The summed E-state index contributed by atoms with van der Waals surface area (Å²) < 4.78 is 22.5. The Bertz CT molecular complexity index is 1110. The summed E-state index contributed by atoms with van der Waals surface area (Å²) in [5.74, 6) is 1.33. The van der Waals surface area contributed by atoms with Gasteiger partial charge in [-0.3, -0.25) is 4.79 Å². The van der Waals surface area contributed by atoms with E-state index >= 15 is 0 Å². The van der Waals surface area contributed by atoms with Crippen LogP contribution in [0.3, 0.4) is 0 Å². The predicted octanol–water partition coefficient (Wildman–Crippen LogP) is 4.21. The average molecular weight is 368 g/mol. The molecular formula is C21H20O6. The topological polar surface area (TPSA) is 78.9 Å². The molecule has 0 N–H and O–H groups in total. The van der Waals surface area contributed by atoms with E-state index in [1.807, 2.05) is 13.0 Å². The second-order valence-corrected chi connectivity index (χ2v) is 7.27. The molecule has 6 heteroatoms. The zero-order valence-corrected chi connectivity index (χ0v) is 15.4. The maximum Gasteiger partial charge on any atom is 0.336 e. The highest BCUT2D eigenvalue weighted by atomic mass is 16.5. The van der Waals surface area contributed by atoms with Crippen LogP contribution in [-0.2, 0) is 9.53 Å². The fourth-order valence-electron chi connectivity index (χ4n) is 3.17. The van der Waals surface area contributed by atoms with Gasteiger partial charge >= 0.3 is 5.63 Å². The van der Waals surface area contributed by atoms with Crippen molar-refractivity contribution >= 4 is 27.7 Å². The monoisotopic (exact) mass is 368 g/mol. The van der Waals surface area contributed by atoms with E-state index in [0.717, 1.165) is 5.39 Å². The van der Waals surface area contributed by atoms with Gasteiger partial charge in [0.05, 0.1) is 23.6 Å². The number of hydrogen-bond acceptors (Lipinski definition) is 6. The van der Waals surface area contributed by atoms with Gasteiger partial charge in [-0.15, -0.1) is 0 Å². The Morgan fingerprint density at radius 3 is 2.63 bits per heavy atom. The van der Waals surface area contributed by atoms with Crippen LogP contribution in [0.5, 0.6) is 5.75 Å². The van der Waals surface area contributed by atoms with E-state index in [1.165, 1.54) is 6.07 Å². The molecule has 0 amide bonds. The molecule has 3 heterocycles. The van der Waals surface area contributed by atoms with Gasteiger partial charge in [0.1, 0.15) is 22.7 Å². The number of fused-ring (bicyclic) bond motifs is 2. The lowest BCUT2D eigenvalue weighted by Crippen LogP contribution is -2.28. The number of carbonyl (C=O) groups is 1. The molecule has 4 rings (SSSR count). The molecule has 0 unspecified atom stereocenters. The molecule has 140 valence electrons. The zero-order valence-electron chi connectivity index (χ0n) is 15.4. The van der Waals surface area contributed by atoms with Gasteiger partial charge in [-0.1, -0.05) is 6.92 Å². The molecule has 0 aliphatic carbocycles. The van der Waals surface area contributed by atoms with Crippen molar-refractivity contribution in [3.8, 4) is 5.75 Å². The van der Waals surface area contributed by atoms with Gasteiger partial charge < -0.3 is 18.3 Å². The van der Waals surface area contributed by atoms with E-state index in [1.54, 1.807) is 38.3 Å². The first kappa shape index (κ1) is 17.4. The van der Waals surface area contributed by atoms with Gasteiger partial charge in [-0.05, 0) is 32.4 Å². The highest BCUT2D eigenvalue weighted by Crippen LogP contribution is 2.36. The number of hydrogen-bond donors (Lipinski definition) is 0. The van der Waals surface area contributed by atoms with Gasteiger partial charge in [0, 0.05) is 24.1 Å². The zero-order chi connectivity index (χ0) is 19.2. The third-order valence-electron chi connectivity index (χ3n) is 4.83. The summed E-state index contributed by atoms with van der Waals surface area (Å²) in [4.78, 5) is 23.4. The molecule has 0 spiro atoms. The largest absolute Gasteiger partial charge is 0.492 e. The van der Waals surface area contributed by atoms with Crippen molar-refractivity contribution in [1.82, 2.24) is 0 Å². The van der Waals surface area contributed by atoms with Crippen molar-refractivity contribution in [2.75, 3.05) is 6.61 Å². The van der Waals surface area contributed by atoms with Crippen molar-refractivity contribution in [2.45, 2.75) is 32.8 Å². The number of benzene rings is 1. The van der Waals surface area contributed by atoms with E-state index in [0.29, 0.717) is 41.1 Å². The SMILES string of the molecule is C[C@H](CCOc1c2ccoc2cc2oc(=O)ccc12)C1=CC(=O)C(C)(C)O1. The fraction of sp³-hybridized carbons (Fsp3) is 0.333. The van der Waals surface area contributed by atoms with Gasteiger partial charge in [0.25, 0.3) is 0 Å². The predicted molar refractivity (Wildman–Crippen MR) is 99.8 cm³/mol. The van der Waals surface area contributed by atoms with Crippen molar-refractivity contribution in [3.63, 3.8) is 0 Å². The normalized spacial score (nSPS) is 17.1. The summed E-state index contributed by atoms with van der Waals surface area (Å²) in [6.07, 6.45) is 3.81. The summed E-state index contributed by atoms with van der Waals surface area (Å²) >= 11 is 0. The number of allylic oxidation sites excluding steroid dienone is 1. The Labute approximate surface area is 155 Å². The minimum atomic E-state index is -0.791. The summed E-state index contributed by atoms with van der Waals surface area (Å²) in [6.45, 7) is 5.94. The molecule has 1 aliphatic heterocycles. The molecule has 3 aromatic rings. The van der Waals surface area contributed by atoms with Crippen LogP contribution in [0, 0.1) is 5.92 Å². The third kappa shape index (κ3) is 3.12. The number of ketones is 1. The lowest BCUT2D eigenvalue weighted by Gasteiger charge is -2.21. The minimum Gasteiger partial charge on any atom is -0.492 e. The molecule has 2 aromatic heterocycles. The molecular weight excluding hydrogens is 348 g/mol. The van der Waals surface area contributed by atoms with Crippen LogP contribution in [0.1, 0.15) is 27.2 Å². The Kier molecular flexibility index (Phi) is 4.06. The molecule has 1 aromatic carbocycles. The molecule has 1 aliphatic rings. The lowest BCUT2D eigenvalue weighted by atomic mass is 10.0. The Morgan fingerprint density at radius 2 is 1.89 bits per heavy atom. The van der Waals surface area contributed by atoms with Crippen LogP contribution in [-0.4, -0.2) is 18.0 Å². The first-order valence-electron chi connectivity index (χ1n) is 8.87. The van der Waals surface area contributed by atoms with Gasteiger partial charge in [0.2, 0.25) is 5.78 Å². The Balaban J connectivity index is 1.55. The number of rotatable bonds is 5. The number of furan rings is 1. The first-order chi connectivity index (χ1) is 12.8. The first-order valence-corrected chi connectivity index (χ1v) is 8.87. The summed E-state index contributed by atoms with van der Waals surface area (Å²) in [5.41, 5.74) is -0.206. The van der Waals surface area contributed by atoms with Gasteiger partial charge in [0.15, 0.2) is 5.60 Å². The van der Waals surface area contributed by atoms with Crippen molar-refractivity contribution in [3.05, 3.63) is 52.8 Å². The van der Waals surface area contributed by atoms with E-state index in [4.69, 9.17) is 18.3 Å². The van der Waals surface area contributed by atoms with Crippen LogP contribution >= 0.6 is 0 Å². The molecule has 1 atom stereocenters. The molecule has 27 heavy (non-hydrogen) atoms.